The highest BCUT2D eigenvalue weighted by atomic mass is 35.5. The van der Waals surface area contributed by atoms with Crippen LogP contribution >= 0.6 is 11.6 Å². The Kier molecular flexibility index (Phi) is 6.92. The maximum Gasteiger partial charge on any atom is 0.251 e. The standard InChI is InChI=1S/C30H28ClN3O2/c1-3-8-23-16-25(36-28(19-34-14-13-32-20-34)21-9-5-4-6-10-21)17-27-26(18-29(35)33(2)30(23)27)22-11-7-12-24(31)15-22/h4-7,9-18,20,28H,3,8,19H2,1-2H3. The molecule has 5 nitrogen and oxygen atoms in total. The fourth-order valence-electron chi connectivity index (χ4n) is 4.73. The van der Waals surface area contributed by atoms with E-state index in [9.17, 15) is 4.79 Å². The van der Waals surface area contributed by atoms with Crippen LogP contribution in [-0.2, 0) is 20.0 Å². The van der Waals surface area contributed by atoms with Gasteiger partial charge in [0.05, 0.1) is 18.4 Å². The largest absolute Gasteiger partial charge is 0.484 e. The maximum atomic E-state index is 13.0. The molecule has 0 spiro atoms. The Morgan fingerprint density at radius 2 is 1.86 bits per heavy atom. The van der Waals surface area contributed by atoms with Gasteiger partial charge in [-0.15, -0.1) is 0 Å². The number of rotatable bonds is 8. The molecule has 0 radical (unpaired) electrons. The fraction of sp³-hybridized carbons (Fsp3) is 0.200. The second kappa shape index (κ2) is 10.4. The minimum Gasteiger partial charge on any atom is -0.484 e. The van der Waals surface area contributed by atoms with E-state index < -0.39 is 0 Å². The van der Waals surface area contributed by atoms with Gasteiger partial charge in [0, 0.05) is 35.9 Å². The highest BCUT2D eigenvalue weighted by molar-refractivity contribution is 6.30. The summed E-state index contributed by atoms with van der Waals surface area (Å²) in [6.07, 6.45) is 7.08. The first-order valence-corrected chi connectivity index (χ1v) is 12.5. The molecule has 5 rings (SSSR count). The molecule has 0 aliphatic carbocycles. The Bertz CT molecular complexity index is 1540. The lowest BCUT2D eigenvalue weighted by Crippen LogP contribution is -2.18. The van der Waals surface area contributed by atoms with Gasteiger partial charge in [0.15, 0.2) is 0 Å². The number of pyridine rings is 1. The van der Waals surface area contributed by atoms with Crippen LogP contribution in [0.25, 0.3) is 22.0 Å². The van der Waals surface area contributed by atoms with E-state index in [0.717, 1.165) is 51.7 Å². The lowest BCUT2D eigenvalue weighted by atomic mass is 9.97. The molecule has 0 saturated carbocycles. The fourth-order valence-corrected chi connectivity index (χ4v) is 4.92. The SMILES string of the molecule is CCCc1cc(OC(Cn2ccnc2)c2ccccc2)cc2c(-c3cccc(Cl)c3)cc(=O)n(C)c12. The molecule has 0 fully saturated rings. The quantitative estimate of drug-likeness (QED) is 0.236. The van der Waals surface area contributed by atoms with Crippen LogP contribution in [0.15, 0.2) is 96.3 Å². The maximum absolute atomic E-state index is 13.0. The van der Waals surface area contributed by atoms with E-state index in [4.69, 9.17) is 16.3 Å². The molecule has 6 heteroatoms. The van der Waals surface area contributed by atoms with Crippen molar-refractivity contribution in [1.29, 1.82) is 0 Å². The molecule has 0 amide bonds. The van der Waals surface area contributed by atoms with Crippen LogP contribution in [0.1, 0.15) is 30.6 Å². The highest BCUT2D eigenvalue weighted by Crippen LogP contribution is 2.35. The van der Waals surface area contributed by atoms with E-state index >= 15 is 0 Å². The number of aromatic nitrogens is 3. The summed E-state index contributed by atoms with van der Waals surface area (Å²) >= 11 is 6.32. The van der Waals surface area contributed by atoms with Crippen LogP contribution in [0.2, 0.25) is 5.02 Å². The summed E-state index contributed by atoms with van der Waals surface area (Å²) in [5.41, 5.74) is 4.80. The minimum atomic E-state index is -0.213. The lowest BCUT2D eigenvalue weighted by molar-refractivity contribution is 0.183. The molecule has 36 heavy (non-hydrogen) atoms. The number of aryl methyl sites for hydroxylation is 2. The van der Waals surface area contributed by atoms with Crippen LogP contribution in [0.3, 0.4) is 0 Å². The smallest absolute Gasteiger partial charge is 0.251 e. The normalized spacial score (nSPS) is 12.1. The molecule has 5 aromatic rings. The van der Waals surface area contributed by atoms with Crippen molar-refractivity contribution in [2.24, 2.45) is 7.05 Å². The van der Waals surface area contributed by atoms with Crippen molar-refractivity contribution in [2.45, 2.75) is 32.4 Å². The number of hydrogen-bond acceptors (Lipinski definition) is 3. The van der Waals surface area contributed by atoms with Crippen LogP contribution < -0.4 is 10.3 Å². The first-order valence-electron chi connectivity index (χ1n) is 12.1. The number of halogens is 1. The predicted molar refractivity (Wildman–Crippen MR) is 146 cm³/mol. The monoisotopic (exact) mass is 497 g/mol. The van der Waals surface area contributed by atoms with E-state index in [-0.39, 0.29) is 11.7 Å². The minimum absolute atomic E-state index is 0.0502. The second-order valence-corrected chi connectivity index (χ2v) is 9.41. The predicted octanol–water partition coefficient (Wildman–Crippen LogP) is 6.83. The number of benzene rings is 3. The topological polar surface area (TPSA) is 49.1 Å². The van der Waals surface area contributed by atoms with Crippen molar-refractivity contribution in [1.82, 2.24) is 14.1 Å². The lowest BCUT2D eigenvalue weighted by Gasteiger charge is -2.22. The number of fused-ring (bicyclic) bond motifs is 1. The summed E-state index contributed by atoms with van der Waals surface area (Å²) in [5, 5.41) is 1.60. The average molecular weight is 498 g/mol. The van der Waals surface area contributed by atoms with Gasteiger partial charge in [0.2, 0.25) is 0 Å². The van der Waals surface area contributed by atoms with Gasteiger partial charge in [-0.3, -0.25) is 4.79 Å². The van der Waals surface area contributed by atoms with Crippen LogP contribution in [0.5, 0.6) is 5.75 Å². The number of nitrogens with zero attached hydrogens (tertiary/aromatic N) is 3. The summed E-state index contributed by atoms with van der Waals surface area (Å²) in [7, 11) is 1.83. The molecule has 0 N–H and O–H groups in total. The molecule has 0 aliphatic rings. The van der Waals surface area contributed by atoms with Gasteiger partial charge in [-0.25, -0.2) is 4.98 Å². The third-order valence-corrected chi connectivity index (χ3v) is 6.66. The highest BCUT2D eigenvalue weighted by Gasteiger charge is 2.18. The summed E-state index contributed by atoms with van der Waals surface area (Å²) in [4.78, 5) is 17.2. The molecule has 182 valence electrons. The first kappa shape index (κ1) is 23.9. The Hall–Kier alpha value is -3.83. The Morgan fingerprint density at radius 3 is 2.58 bits per heavy atom. The van der Waals surface area contributed by atoms with Gasteiger partial charge in [-0.05, 0) is 52.9 Å². The first-order chi connectivity index (χ1) is 17.5. The van der Waals surface area contributed by atoms with Gasteiger partial charge in [-0.1, -0.05) is 67.4 Å². The van der Waals surface area contributed by atoms with Crippen LogP contribution in [0.4, 0.5) is 0 Å². The zero-order valence-corrected chi connectivity index (χ0v) is 21.2. The van der Waals surface area contributed by atoms with E-state index in [1.807, 2.05) is 66.3 Å². The van der Waals surface area contributed by atoms with Crippen molar-refractivity contribution >= 4 is 22.5 Å². The summed E-state index contributed by atoms with van der Waals surface area (Å²) in [6.45, 7) is 2.77. The summed E-state index contributed by atoms with van der Waals surface area (Å²) < 4.78 is 10.4. The molecule has 1 unspecified atom stereocenters. The van der Waals surface area contributed by atoms with Crippen molar-refractivity contribution in [3.8, 4) is 16.9 Å². The molecule has 0 aliphatic heterocycles. The van der Waals surface area contributed by atoms with E-state index in [1.165, 1.54) is 0 Å². The van der Waals surface area contributed by atoms with Crippen molar-refractivity contribution < 1.29 is 4.74 Å². The molecule has 2 aromatic heterocycles. The third kappa shape index (κ3) is 4.93. The van der Waals surface area contributed by atoms with Gasteiger partial charge < -0.3 is 13.9 Å². The van der Waals surface area contributed by atoms with Gasteiger partial charge in [0.1, 0.15) is 11.9 Å². The average Bonchev–Trinajstić information content (AvgIpc) is 3.39. The van der Waals surface area contributed by atoms with E-state index in [0.29, 0.717) is 11.6 Å². The molecule has 3 aromatic carbocycles. The van der Waals surface area contributed by atoms with E-state index in [1.54, 1.807) is 23.2 Å². The van der Waals surface area contributed by atoms with Gasteiger partial charge >= 0.3 is 0 Å². The molecule has 0 saturated heterocycles. The molecular weight excluding hydrogens is 470 g/mol. The zero-order valence-electron chi connectivity index (χ0n) is 20.4. The van der Waals surface area contributed by atoms with Crippen LogP contribution in [-0.4, -0.2) is 14.1 Å². The van der Waals surface area contributed by atoms with Crippen LogP contribution in [0, 0.1) is 0 Å². The summed E-state index contributed by atoms with van der Waals surface area (Å²) in [6, 6.07) is 23.7. The number of imidazole rings is 1. The molecular formula is C30H28ClN3O2. The Labute approximate surface area is 215 Å². The number of ether oxygens (including phenoxy) is 1. The van der Waals surface area contributed by atoms with Crippen molar-refractivity contribution in [2.75, 3.05) is 0 Å². The second-order valence-electron chi connectivity index (χ2n) is 8.97. The number of hydrogen-bond donors (Lipinski definition) is 0. The third-order valence-electron chi connectivity index (χ3n) is 6.43. The Morgan fingerprint density at radius 1 is 1.03 bits per heavy atom. The zero-order chi connectivity index (χ0) is 25.1. The summed E-state index contributed by atoms with van der Waals surface area (Å²) in [5.74, 6) is 0.766. The van der Waals surface area contributed by atoms with Crippen molar-refractivity contribution in [3.05, 3.63) is 118 Å². The molecule has 0 bridgehead atoms. The molecule has 1 atom stereocenters. The molecule has 2 heterocycles. The van der Waals surface area contributed by atoms with Gasteiger partial charge in [0.25, 0.3) is 5.56 Å². The van der Waals surface area contributed by atoms with Crippen molar-refractivity contribution in [3.63, 3.8) is 0 Å². The Balaban J connectivity index is 1.68. The van der Waals surface area contributed by atoms with Gasteiger partial charge in [-0.2, -0.15) is 0 Å². The van der Waals surface area contributed by atoms with E-state index in [2.05, 4.69) is 30.1 Å².